The minimum Gasteiger partial charge on any atom is -0.465 e. The van der Waals surface area contributed by atoms with Gasteiger partial charge in [-0.3, -0.25) is 14.4 Å². The Morgan fingerprint density at radius 2 is 1.76 bits per heavy atom. The Morgan fingerprint density at radius 1 is 1.06 bits per heavy atom. The number of methoxy groups -OCH3 is 1. The smallest absolute Gasteiger partial charge is 0.337 e. The van der Waals surface area contributed by atoms with Crippen LogP contribution in [0.25, 0.3) is 0 Å². The number of nitrogens with zero attached hydrogens (tertiary/aromatic N) is 2. The molecular weight excluding hydrogens is 462 g/mol. The molecule has 0 bridgehead atoms. The second kappa shape index (κ2) is 10.1. The number of imide groups is 1. The number of morpholine rings is 1. The summed E-state index contributed by atoms with van der Waals surface area (Å²) in [5.74, 6) is -1.92. The van der Waals surface area contributed by atoms with Gasteiger partial charge in [0.15, 0.2) is 0 Å². The molecule has 2 aliphatic rings. The quantitative estimate of drug-likeness (QED) is 0.496. The molecule has 0 unspecified atom stereocenters. The van der Waals surface area contributed by atoms with Crippen molar-refractivity contribution in [2.45, 2.75) is 6.42 Å². The van der Waals surface area contributed by atoms with Gasteiger partial charge in [-0.05, 0) is 35.9 Å². The van der Waals surface area contributed by atoms with Gasteiger partial charge in [0.2, 0.25) is 5.91 Å². The second-order valence-corrected chi connectivity index (χ2v) is 8.05. The SMILES string of the molecule is COC(=O)c1cccc(N2C(=O)C(Cl)=C(Nc3ccc(CC(=O)N4CCOCC4)cc3)C2=O)c1. The van der Waals surface area contributed by atoms with Crippen LogP contribution in [0.3, 0.4) is 0 Å². The summed E-state index contributed by atoms with van der Waals surface area (Å²) in [5, 5.41) is 2.63. The number of hydrogen-bond acceptors (Lipinski definition) is 7. The highest BCUT2D eigenvalue weighted by molar-refractivity contribution is 6.53. The molecule has 1 fully saturated rings. The first kappa shape index (κ1) is 23.5. The van der Waals surface area contributed by atoms with E-state index in [1.165, 1.54) is 25.3 Å². The molecule has 34 heavy (non-hydrogen) atoms. The van der Waals surface area contributed by atoms with E-state index >= 15 is 0 Å². The van der Waals surface area contributed by atoms with Crippen molar-refractivity contribution in [2.24, 2.45) is 0 Å². The van der Waals surface area contributed by atoms with Crippen molar-refractivity contribution in [1.82, 2.24) is 4.90 Å². The highest BCUT2D eigenvalue weighted by atomic mass is 35.5. The van der Waals surface area contributed by atoms with Crippen LogP contribution in [0.4, 0.5) is 11.4 Å². The summed E-state index contributed by atoms with van der Waals surface area (Å²) in [6.07, 6.45) is 0.255. The van der Waals surface area contributed by atoms with Crippen molar-refractivity contribution in [1.29, 1.82) is 0 Å². The fourth-order valence-corrected chi connectivity index (χ4v) is 3.90. The molecule has 10 heteroatoms. The molecule has 9 nitrogen and oxygen atoms in total. The summed E-state index contributed by atoms with van der Waals surface area (Å²) in [6, 6.07) is 12.9. The first-order chi connectivity index (χ1) is 16.4. The third-order valence-electron chi connectivity index (χ3n) is 5.50. The van der Waals surface area contributed by atoms with Crippen LogP contribution in [0, 0.1) is 0 Å². The van der Waals surface area contributed by atoms with Crippen LogP contribution in [0.15, 0.2) is 59.3 Å². The van der Waals surface area contributed by atoms with Gasteiger partial charge in [0.25, 0.3) is 11.8 Å². The zero-order chi connectivity index (χ0) is 24.2. The van der Waals surface area contributed by atoms with E-state index in [0.717, 1.165) is 10.5 Å². The molecule has 0 radical (unpaired) electrons. The molecule has 3 amide bonds. The van der Waals surface area contributed by atoms with E-state index in [1.54, 1.807) is 35.2 Å². The maximum absolute atomic E-state index is 13.0. The van der Waals surface area contributed by atoms with Crippen LogP contribution in [0.2, 0.25) is 0 Å². The number of amides is 3. The molecule has 176 valence electrons. The fraction of sp³-hybridized carbons (Fsp3) is 0.250. The van der Waals surface area contributed by atoms with E-state index in [4.69, 9.17) is 21.1 Å². The van der Waals surface area contributed by atoms with Crippen LogP contribution in [-0.2, 0) is 30.3 Å². The molecule has 1 saturated heterocycles. The number of rotatable bonds is 6. The van der Waals surface area contributed by atoms with Gasteiger partial charge >= 0.3 is 5.97 Å². The maximum atomic E-state index is 13.0. The summed E-state index contributed by atoms with van der Waals surface area (Å²) in [5.41, 5.74) is 1.66. The number of esters is 1. The lowest BCUT2D eigenvalue weighted by atomic mass is 10.1. The maximum Gasteiger partial charge on any atom is 0.337 e. The molecule has 1 N–H and O–H groups in total. The topological polar surface area (TPSA) is 105 Å². The second-order valence-electron chi connectivity index (χ2n) is 7.67. The molecule has 0 atom stereocenters. The van der Waals surface area contributed by atoms with Gasteiger partial charge in [0.05, 0.1) is 38.0 Å². The standard InChI is InChI=1S/C24H22ClN3O6/c1-33-24(32)16-3-2-4-18(14-16)28-22(30)20(25)21(23(28)31)26-17-7-5-15(6-8-17)13-19(29)27-9-11-34-12-10-27/h2-8,14,26H,9-13H2,1H3. The van der Waals surface area contributed by atoms with Crippen molar-refractivity contribution in [3.8, 4) is 0 Å². The van der Waals surface area contributed by atoms with Crippen LogP contribution in [-0.4, -0.2) is 62.0 Å². The van der Waals surface area contributed by atoms with Crippen LogP contribution >= 0.6 is 11.6 Å². The van der Waals surface area contributed by atoms with E-state index in [1.807, 2.05) is 0 Å². The number of ether oxygens (including phenoxy) is 2. The highest BCUT2D eigenvalue weighted by Gasteiger charge is 2.39. The largest absolute Gasteiger partial charge is 0.465 e. The molecule has 4 rings (SSSR count). The summed E-state index contributed by atoms with van der Waals surface area (Å²) in [7, 11) is 1.24. The van der Waals surface area contributed by atoms with Crippen molar-refractivity contribution >= 4 is 46.7 Å². The van der Waals surface area contributed by atoms with Crippen molar-refractivity contribution in [3.05, 3.63) is 70.4 Å². The van der Waals surface area contributed by atoms with Gasteiger partial charge in [0, 0.05) is 18.8 Å². The molecule has 0 aromatic heterocycles. The third kappa shape index (κ3) is 4.80. The minimum atomic E-state index is -0.705. The van der Waals surface area contributed by atoms with E-state index < -0.39 is 17.8 Å². The number of anilines is 2. The lowest BCUT2D eigenvalue weighted by molar-refractivity contribution is -0.134. The lowest BCUT2D eigenvalue weighted by Crippen LogP contribution is -2.41. The van der Waals surface area contributed by atoms with Gasteiger partial charge in [-0.2, -0.15) is 0 Å². The number of halogens is 1. The molecule has 0 spiro atoms. The van der Waals surface area contributed by atoms with Gasteiger partial charge in [0.1, 0.15) is 10.7 Å². The summed E-state index contributed by atoms with van der Waals surface area (Å²) < 4.78 is 9.96. The van der Waals surface area contributed by atoms with E-state index in [9.17, 15) is 19.2 Å². The van der Waals surface area contributed by atoms with Gasteiger partial charge in [-0.25, -0.2) is 9.69 Å². The summed E-state index contributed by atoms with van der Waals surface area (Å²) >= 11 is 6.19. The van der Waals surface area contributed by atoms with E-state index in [0.29, 0.717) is 32.0 Å². The summed E-state index contributed by atoms with van der Waals surface area (Å²) in [4.78, 5) is 52.6. The minimum absolute atomic E-state index is 0.0242. The Hall–Kier alpha value is -3.69. The Balaban J connectivity index is 1.45. The van der Waals surface area contributed by atoms with Gasteiger partial charge in [-0.15, -0.1) is 0 Å². The fourth-order valence-electron chi connectivity index (χ4n) is 3.69. The number of hydrogen-bond donors (Lipinski definition) is 1. The Morgan fingerprint density at radius 3 is 2.44 bits per heavy atom. The lowest BCUT2D eigenvalue weighted by Gasteiger charge is -2.26. The molecule has 0 aliphatic carbocycles. The van der Waals surface area contributed by atoms with E-state index in [2.05, 4.69) is 5.32 Å². The van der Waals surface area contributed by atoms with Crippen LogP contribution in [0.5, 0.6) is 0 Å². The molecule has 2 aliphatic heterocycles. The monoisotopic (exact) mass is 483 g/mol. The molecule has 2 aromatic rings. The predicted octanol–water partition coefficient (Wildman–Crippen LogP) is 2.31. The van der Waals surface area contributed by atoms with E-state index in [-0.39, 0.29) is 34.3 Å². The predicted molar refractivity (Wildman–Crippen MR) is 124 cm³/mol. The number of carbonyl (C=O) groups excluding carboxylic acids is 4. The highest BCUT2D eigenvalue weighted by Crippen LogP contribution is 2.30. The number of benzene rings is 2. The Kier molecular flexibility index (Phi) is 6.95. The zero-order valence-electron chi connectivity index (χ0n) is 18.4. The summed E-state index contributed by atoms with van der Waals surface area (Å²) in [6.45, 7) is 2.25. The Bertz CT molecular complexity index is 1170. The first-order valence-corrected chi connectivity index (χ1v) is 10.9. The Labute approximate surface area is 200 Å². The molecule has 2 heterocycles. The molecular formula is C24H22ClN3O6. The van der Waals surface area contributed by atoms with Crippen LogP contribution < -0.4 is 10.2 Å². The van der Waals surface area contributed by atoms with Gasteiger partial charge < -0.3 is 19.7 Å². The van der Waals surface area contributed by atoms with Gasteiger partial charge in [-0.1, -0.05) is 29.8 Å². The average Bonchev–Trinajstić information content (AvgIpc) is 3.08. The van der Waals surface area contributed by atoms with Crippen molar-refractivity contribution in [3.63, 3.8) is 0 Å². The number of nitrogens with one attached hydrogen (secondary N) is 1. The molecule has 2 aromatic carbocycles. The first-order valence-electron chi connectivity index (χ1n) is 10.6. The zero-order valence-corrected chi connectivity index (χ0v) is 19.1. The normalized spacial score (nSPS) is 16.2. The third-order valence-corrected chi connectivity index (χ3v) is 5.85. The van der Waals surface area contributed by atoms with Crippen molar-refractivity contribution in [2.75, 3.05) is 43.6 Å². The number of carbonyl (C=O) groups is 4. The molecule has 0 saturated carbocycles. The van der Waals surface area contributed by atoms with Crippen molar-refractivity contribution < 1.29 is 28.7 Å². The van der Waals surface area contributed by atoms with Crippen LogP contribution in [0.1, 0.15) is 15.9 Å². The average molecular weight is 484 g/mol.